The van der Waals surface area contributed by atoms with Crippen molar-refractivity contribution in [3.05, 3.63) is 83.4 Å². The van der Waals surface area contributed by atoms with Crippen molar-refractivity contribution >= 4 is 11.4 Å². The summed E-state index contributed by atoms with van der Waals surface area (Å²) in [6.07, 6.45) is 0. The normalized spacial score (nSPS) is 10.5. The van der Waals surface area contributed by atoms with Crippen molar-refractivity contribution in [3.8, 4) is 11.1 Å². The minimum atomic E-state index is 1.16. The number of hydrogen-bond acceptors (Lipinski definition) is 1. The Morgan fingerprint density at radius 3 is 1.86 bits per heavy atom. The minimum absolute atomic E-state index is 1.16. The van der Waals surface area contributed by atoms with Gasteiger partial charge >= 0.3 is 0 Å². The van der Waals surface area contributed by atoms with E-state index in [1.54, 1.807) is 0 Å². The van der Waals surface area contributed by atoms with Crippen LogP contribution >= 0.6 is 0 Å². The molecule has 0 amide bonds. The van der Waals surface area contributed by atoms with Crippen LogP contribution in [-0.4, -0.2) is 0 Å². The van der Waals surface area contributed by atoms with E-state index in [-0.39, 0.29) is 0 Å². The summed E-state index contributed by atoms with van der Waals surface area (Å²) in [5.74, 6) is 0. The molecule has 3 rings (SSSR count). The molecule has 0 spiro atoms. The number of nitrogens with one attached hydrogen (secondary N) is 1. The Hall–Kier alpha value is -2.54. The lowest BCUT2D eigenvalue weighted by atomic mass is 10.0. The Balaban J connectivity index is 1.90. The van der Waals surface area contributed by atoms with E-state index in [9.17, 15) is 0 Å². The molecule has 3 aromatic carbocycles. The van der Waals surface area contributed by atoms with Crippen molar-refractivity contribution < 1.29 is 0 Å². The molecule has 0 radical (unpaired) electrons. The van der Waals surface area contributed by atoms with Gasteiger partial charge in [0.2, 0.25) is 0 Å². The lowest BCUT2D eigenvalue weighted by Gasteiger charge is -2.14. The van der Waals surface area contributed by atoms with Crippen LogP contribution in [0.25, 0.3) is 11.1 Å². The Morgan fingerprint density at radius 2 is 1.23 bits per heavy atom. The zero-order valence-electron chi connectivity index (χ0n) is 13.4. The van der Waals surface area contributed by atoms with Gasteiger partial charge < -0.3 is 5.32 Å². The van der Waals surface area contributed by atoms with Gasteiger partial charge in [0.15, 0.2) is 0 Å². The van der Waals surface area contributed by atoms with Crippen LogP contribution in [0.1, 0.15) is 16.7 Å². The van der Waals surface area contributed by atoms with Gasteiger partial charge in [-0.05, 0) is 61.2 Å². The minimum Gasteiger partial charge on any atom is -0.355 e. The zero-order valence-corrected chi connectivity index (χ0v) is 13.4. The van der Waals surface area contributed by atoms with Crippen molar-refractivity contribution in [3.63, 3.8) is 0 Å². The third-order valence-corrected chi connectivity index (χ3v) is 3.98. The predicted molar refractivity (Wildman–Crippen MR) is 95.8 cm³/mol. The van der Waals surface area contributed by atoms with Gasteiger partial charge in [0, 0.05) is 11.4 Å². The predicted octanol–water partition coefficient (Wildman–Crippen LogP) is 6.02. The van der Waals surface area contributed by atoms with E-state index < -0.39 is 0 Å². The molecule has 0 saturated carbocycles. The molecule has 0 heterocycles. The van der Waals surface area contributed by atoms with E-state index in [1.165, 1.54) is 33.5 Å². The summed E-state index contributed by atoms with van der Waals surface area (Å²) in [5.41, 5.74) is 8.65. The Bertz CT molecular complexity index is 788. The first-order chi connectivity index (χ1) is 10.6. The standard InChI is InChI=1S/C21H21N/c1-15-9-11-20(16(2)13-15)22-21-12-10-19(14-17(21)3)18-7-5-4-6-8-18/h4-14,22H,1-3H3. The first-order valence-corrected chi connectivity index (χ1v) is 7.64. The maximum absolute atomic E-state index is 3.55. The number of benzene rings is 3. The summed E-state index contributed by atoms with van der Waals surface area (Å²) in [4.78, 5) is 0. The van der Waals surface area contributed by atoms with Gasteiger partial charge in [0.25, 0.3) is 0 Å². The molecular weight excluding hydrogens is 266 g/mol. The van der Waals surface area contributed by atoms with Crippen molar-refractivity contribution in [2.24, 2.45) is 0 Å². The molecule has 0 bridgehead atoms. The van der Waals surface area contributed by atoms with Crippen LogP contribution in [0.4, 0.5) is 11.4 Å². The molecule has 0 aliphatic rings. The third kappa shape index (κ3) is 3.04. The van der Waals surface area contributed by atoms with E-state index in [2.05, 4.69) is 86.8 Å². The Labute approximate surface area is 132 Å². The fourth-order valence-electron chi connectivity index (χ4n) is 2.71. The highest BCUT2D eigenvalue weighted by molar-refractivity contribution is 5.72. The molecule has 22 heavy (non-hydrogen) atoms. The molecule has 1 N–H and O–H groups in total. The monoisotopic (exact) mass is 287 g/mol. The molecular formula is C21H21N. The average Bonchev–Trinajstić information content (AvgIpc) is 2.52. The summed E-state index contributed by atoms with van der Waals surface area (Å²) >= 11 is 0. The maximum Gasteiger partial charge on any atom is 0.0414 e. The summed E-state index contributed by atoms with van der Waals surface area (Å²) in [5, 5.41) is 3.55. The molecule has 1 heteroatoms. The molecule has 0 fully saturated rings. The van der Waals surface area contributed by atoms with Crippen LogP contribution in [0, 0.1) is 20.8 Å². The summed E-state index contributed by atoms with van der Waals surface area (Å²) in [7, 11) is 0. The van der Waals surface area contributed by atoms with Crippen LogP contribution in [0.5, 0.6) is 0 Å². The van der Waals surface area contributed by atoms with E-state index in [1.807, 2.05) is 6.07 Å². The zero-order chi connectivity index (χ0) is 15.5. The molecule has 0 saturated heterocycles. The third-order valence-electron chi connectivity index (χ3n) is 3.98. The van der Waals surface area contributed by atoms with Crippen LogP contribution in [0.2, 0.25) is 0 Å². The fourth-order valence-corrected chi connectivity index (χ4v) is 2.71. The van der Waals surface area contributed by atoms with E-state index in [4.69, 9.17) is 0 Å². The van der Waals surface area contributed by atoms with Crippen molar-refractivity contribution in [1.29, 1.82) is 0 Å². The maximum atomic E-state index is 3.55. The van der Waals surface area contributed by atoms with E-state index in [0.29, 0.717) is 0 Å². The van der Waals surface area contributed by atoms with Gasteiger partial charge in [0.1, 0.15) is 0 Å². The molecule has 110 valence electrons. The van der Waals surface area contributed by atoms with Crippen LogP contribution < -0.4 is 5.32 Å². The lowest BCUT2D eigenvalue weighted by Crippen LogP contribution is -1.96. The number of rotatable bonds is 3. The average molecular weight is 287 g/mol. The molecule has 0 atom stereocenters. The van der Waals surface area contributed by atoms with Crippen molar-refractivity contribution in [2.45, 2.75) is 20.8 Å². The van der Waals surface area contributed by atoms with Crippen molar-refractivity contribution in [1.82, 2.24) is 0 Å². The first kappa shape index (κ1) is 14.4. The molecule has 3 aromatic rings. The first-order valence-electron chi connectivity index (χ1n) is 7.64. The highest BCUT2D eigenvalue weighted by Gasteiger charge is 2.04. The molecule has 0 aliphatic heterocycles. The fraction of sp³-hybridized carbons (Fsp3) is 0.143. The lowest BCUT2D eigenvalue weighted by molar-refractivity contribution is 1.35. The summed E-state index contributed by atoms with van der Waals surface area (Å²) in [6, 6.07) is 23.6. The van der Waals surface area contributed by atoms with Crippen molar-refractivity contribution in [2.75, 3.05) is 5.32 Å². The Kier molecular flexibility index (Phi) is 3.97. The second kappa shape index (κ2) is 6.07. The number of hydrogen-bond donors (Lipinski definition) is 1. The topological polar surface area (TPSA) is 12.0 Å². The Morgan fingerprint density at radius 1 is 0.591 bits per heavy atom. The number of aryl methyl sites for hydroxylation is 3. The summed E-state index contributed by atoms with van der Waals surface area (Å²) in [6.45, 7) is 6.41. The van der Waals surface area contributed by atoms with Crippen LogP contribution in [0.15, 0.2) is 66.7 Å². The van der Waals surface area contributed by atoms with E-state index in [0.717, 1.165) is 5.69 Å². The van der Waals surface area contributed by atoms with Crippen LogP contribution in [0.3, 0.4) is 0 Å². The molecule has 0 unspecified atom stereocenters. The van der Waals surface area contributed by atoms with Gasteiger partial charge in [0.05, 0.1) is 0 Å². The largest absolute Gasteiger partial charge is 0.355 e. The highest BCUT2D eigenvalue weighted by atomic mass is 14.9. The summed E-state index contributed by atoms with van der Waals surface area (Å²) < 4.78 is 0. The van der Waals surface area contributed by atoms with E-state index >= 15 is 0 Å². The van der Waals surface area contributed by atoms with Gasteiger partial charge in [-0.1, -0.05) is 54.1 Å². The molecule has 0 aliphatic carbocycles. The smallest absolute Gasteiger partial charge is 0.0414 e. The molecule has 1 nitrogen and oxygen atoms in total. The SMILES string of the molecule is Cc1ccc(Nc2ccc(-c3ccccc3)cc2C)c(C)c1. The quantitative estimate of drug-likeness (QED) is 0.621. The highest BCUT2D eigenvalue weighted by Crippen LogP contribution is 2.28. The van der Waals surface area contributed by atoms with Gasteiger partial charge in [-0.25, -0.2) is 0 Å². The number of anilines is 2. The van der Waals surface area contributed by atoms with Crippen LogP contribution in [-0.2, 0) is 0 Å². The second-order valence-corrected chi connectivity index (χ2v) is 5.84. The molecule has 0 aromatic heterocycles. The van der Waals surface area contributed by atoms with Gasteiger partial charge in [-0.2, -0.15) is 0 Å². The second-order valence-electron chi connectivity index (χ2n) is 5.84. The van der Waals surface area contributed by atoms with Gasteiger partial charge in [-0.15, -0.1) is 0 Å². The van der Waals surface area contributed by atoms with Gasteiger partial charge in [-0.3, -0.25) is 0 Å².